The zero-order valence-electron chi connectivity index (χ0n) is 11.3. The van der Waals surface area contributed by atoms with Crippen LogP contribution in [0.2, 0.25) is 5.02 Å². The van der Waals surface area contributed by atoms with Crippen LogP contribution in [-0.4, -0.2) is 17.1 Å². The molecule has 118 valence electrons. The summed E-state index contributed by atoms with van der Waals surface area (Å²) in [4.78, 5) is 15.4. The van der Waals surface area contributed by atoms with Crippen molar-refractivity contribution in [3.05, 3.63) is 47.5 Å². The van der Waals surface area contributed by atoms with Gasteiger partial charge < -0.3 is 5.32 Å². The van der Waals surface area contributed by atoms with Crippen LogP contribution in [0.15, 0.2) is 42.5 Å². The average Bonchev–Trinajstić information content (AvgIpc) is 2.89. The fraction of sp³-hybridized carbons (Fsp3) is 0.0667. The molecular formula is C15H8ClF3N2OS. The highest BCUT2D eigenvalue weighted by atomic mass is 35.5. The second-order valence-corrected chi connectivity index (χ2v) is 6.07. The summed E-state index contributed by atoms with van der Waals surface area (Å²) in [5.74, 6) is -2.04. The number of hydrogen-bond donors (Lipinski definition) is 1. The smallest absolute Gasteiger partial charge is 0.318 e. The normalized spacial score (nSPS) is 11.7. The molecule has 0 fully saturated rings. The van der Waals surface area contributed by atoms with Crippen LogP contribution in [0.25, 0.3) is 20.8 Å². The molecule has 0 aliphatic carbocycles. The SMILES string of the molecule is O=C(Nc1ccc(-c2nc3ccccc3s2)c(Cl)c1)C(F)(F)F. The van der Waals surface area contributed by atoms with E-state index in [1.54, 1.807) is 5.32 Å². The number of carbonyl (C=O) groups is 1. The molecule has 0 bridgehead atoms. The van der Waals surface area contributed by atoms with E-state index < -0.39 is 12.1 Å². The summed E-state index contributed by atoms with van der Waals surface area (Å²) in [5.41, 5.74) is 1.39. The van der Waals surface area contributed by atoms with E-state index in [0.717, 1.165) is 10.2 Å². The third kappa shape index (κ3) is 3.30. The van der Waals surface area contributed by atoms with Gasteiger partial charge in [-0.05, 0) is 30.3 Å². The zero-order valence-corrected chi connectivity index (χ0v) is 12.9. The maximum Gasteiger partial charge on any atom is 0.471 e. The number of aromatic nitrogens is 1. The molecule has 0 radical (unpaired) electrons. The monoisotopic (exact) mass is 356 g/mol. The summed E-state index contributed by atoms with van der Waals surface area (Å²) in [6.07, 6.45) is -4.95. The number of hydrogen-bond acceptors (Lipinski definition) is 3. The van der Waals surface area contributed by atoms with Crippen LogP contribution in [0.1, 0.15) is 0 Å². The summed E-state index contributed by atoms with van der Waals surface area (Å²) in [6.45, 7) is 0. The van der Waals surface area contributed by atoms with E-state index in [2.05, 4.69) is 4.98 Å². The molecule has 0 saturated carbocycles. The molecule has 0 aliphatic heterocycles. The highest BCUT2D eigenvalue weighted by Gasteiger charge is 2.38. The lowest BCUT2D eigenvalue weighted by Crippen LogP contribution is -2.29. The molecule has 8 heteroatoms. The van der Waals surface area contributed by atoms with E-state index in [9.17, 15) is 18.0 Å². The molecule has 0 aliphatic rings. The number of nitrogens with zero attached hydrogens (tertiary/aromatic N) is 1. The van der Waals surface area contributed by atoms with Crippen molar-refractivity contribution in [3.8, 4) is 10.6 Å². The van der Waals surface area contributed by atoms with Gasteiger partial charge in [0.1, 0.15) is 5.01 Å². The first-order valence-electron chi connectivity index (χ1n) is 6.38. The van der Waals surface area contributed by atoms with Crippen LogP contribution in [-0.2, 0) is 4.79 Å². The minimum absolute atomic E-state index is 0.0258. The molecule has 1 heterocycles. The fourth-order valence-electron chi connectivity index (χ4n) is 1.96. The first-order chi connectivity index (χ1) is 10.8. The lowest BCUT2D eigenvalue weighted by molar-refractivity contribution is -0.167. The van der Waals surface area contributed by atoms with Gasteiger partial charge in [-0.25, -0.2) is 4.98 Å². The number of nitrogens with one attached hydrogen (secondary N) is 1. The minimum atomic E-state index is -4.95. The Labute approximate surface area is 137 Å². The molecule has 0 atom stereocenters. The van der Waals surface area contributed by atoms with Crippen molar-refractivity contribution >= 4 is 44.7 Å². The van der Waals surface area contributed by atoms with E-state index in [4.69, 9.17) is 11.6 Å². The Morgan fingerprint density at radius 1 is 1.17 bits per heavy atom. The van der Waals surface area contributed by atoms with Crippen molar-refractivity contribution in [2.75, 3.05) is 5.32 Å². The Morgan fingerprint density at radius 2 is 1.91 bits per heavy atom. The first-order valence-corrected chi connectivity index (χ1v) is 7.58. The standard InChI is InChI=1S/C15H8ClF3N2OS/c16-10-7-8(20-14(22)15(17,18)19)5-6-9(10)13-21-11-3-1-2-4-12(11)23-13/h1-7H,(H,20,22). The second-order valence-electron chi connectivity index (χ2n) is 4.63. The number of para-hydroxylation sites is 1. The average molecular weight is 357 g/mol. The van der Waals surface area contributed by atoms with Crippen LogP contribution < -0.4 is 5.32 Å². The lowest BCUT2D eigenvalue weighted by atomic mass is 10.2. The Hall–Kier alpha value is -2.12. The Kier molecular flexibility index (Phi) is 3.99. The third-order valence-corrected chi connectivity index (χ3v) is 4.39. The largest absolute Gasteiger partial charge is 0.471 e. The van der Waals surface area contributed by atoms with Crippen LogP contribution in [0.3, 0.4) is 0 Å². The molecule has 0 spiro atoms. The van der Waals surface area contributed by atoms with E-state index in [-0.39, 0.29) is 10.7 Å². The van der Waals surface area contributed by atoms with Gasteiger partial charge in [-0.15, -0.1) is 11.3 Å². The van der Waals surface area contributed by atoms with Crippen molar-refractivity contribution in [1.29, 1.82) is 0 Å². The lowest BCUT2D eigenvalue weighted by Gasteiger charge is -2.09. The highest BCUT2D eigenvalue weighted by Crippen LogP contribution is 2.35. The van der Waals surface area contributed by atoms with Gasteiger partial charge in [-0.1, -0.05) is 23.7 Å². The zero-order chi connectivity index (χ0) is 16.6. The van der Waals surface area contributed by atoms with Gasteiger partial charge in [0, 0.05) is 11.3 Å². The molecule has 3 aromatic rings. The maximum atomic E-state index is 12.2. The van der Waals surface area contributed by atoms with Crippen molar-refractivity contribution in [3.63, 3.8) is 0 Å². The molecule has 1 aromatic heterocycles. The summed E-state index contributed by atoms with van der Waals surface area (Å²) < 4.78 is 37.7. The molecule has 3 rings (SSSR count). The number of halogens is 4. The molecule has 1 N–H and O–H groups in total. The quantitative estimate of drug-likeness (QED) is 0.692. The van der Waals surface area contributed by atoms with Crippen LogP contribution in [0.5, 0.6) is 0 Å². The molecule has 2 aromatic carbocycles. The molecule has 0 unspecified atom stereocenters. The van der Waals surface area contributed by atoms with Crippen molar-refractivity contribution in [2.24, 2.45) is 0 Å². The third-order valence-electron chi connectivity index (χ3n) is 3.01. The van der Waals surface area contributed by atoms with Gasteiger partial charge in [0.25, 0.3) is 0 Å². The molecule has 23 heavy (non-hydrogen) atoms. The molecule has 1 amide bonds. The molecule has 3 nitrogen and oxygen atoms in total. The van der Waals surface area contributed by atoms with Gasteiger partial charge in [-0.3, -0.25) is 4.79 Å². The second kappa shape index (κ2) is 5.82. The summed E-state index contributed by atoms with van der Waals surface area (Å²) >= 11 is 7.55. The Bertz CT molecular complexity index is 859. The van der Waals surface area contributed by atoms with Crippen molar-refractivity contribution < 1.29 is 18.0 Å². The van der Waals surface area contributed by atoms with E-state index in [1.165, 1.54) is 29.5 Å². The van der Waals surface area contributed by atoms with Gasteiger partial charge in [-0.2, -0.15) is 13.2 Å². The van der Waals surface area contributed by atoms with E-state index in [1.807, 2.05) is 24.3 Å². The Balaban J connectivity index is 1.91. The number of benzene rings is 2. The molecular weight excluding hydrogens is 349 g/mol. The number of thiazole rings is 1. The first kappa shape index (κ1) is 15.8. The predicted molar refractivity (Wildman–Crippen MR) is 84.8 cm³/mol. The summed E-state index contributed by atoms with van der Waals surface area (Å²) in [6, 6.07) is 11.7. The Morgan fingerprint density at radius 3 is 2.57 bits per heavy atom. The topological polar surface area (TPSA) is 42.0 Å². The van der Waals surface area contributed by atoms with Crippen LogP contribution >= 0.6 is 22.9 Å². The minimum Gasteiger partial charge on any atom is -0.318 e. The summed E-state index contributed by atoms with van der Waals surface area (Å²) in [7, 11) is 0. The van der Waals surface area contributed by atoms with Gasteiger partial charge in [0.15, 0.2) is 0 Å². The maximum absolute atomic E-state index is 12.2. The van der Waals surface area contributed by atoms with Crippen molar-refractivity contribution in [2.45, 2.75) is 6.18 Å². The number of alkyl halides is 3. The van der Waals surface area contributed by atoms with Crippen molar-refractivity contribution in [1.82, 2.24) is 4.98 Å². The van der Waals surface area contributed by atoms with E-state index in [0.29, 0.717) is 10.6 Å². The van der Waals surface area contributed by atoms with Gasteiger partial charge >= 0.3 is 12.1 Å². The number of fused-ring (bicyclic) bond motifs is 1. The number of anilines is 1. The van der Waals surface area contributed by atoms with E-state index >= 15 is 0 Å². The van der Waals surface area contributed by atoms with Gasteiger partial charge in [0.2, 0.25) is 0 Å². The summed E-state index contributed by atoms with van der Waals surface area (Å²) in [5, 5.41) is 2.63. The van der Waals surface area contributed by atoms with Crippen LogP contribution in [0, 0.1) is 0 Å². The predicted octanol–water partition coefficient (Wildman–Crippen LogP) is 5.12. The number of amides is 1. The highest BCUT2D eigenvalue weighted by molar-refractivity contribution is 7.21. The fourth-order valence-corrected chi connectivity index (χ4v) is 3.29. The van der Waals surface area contributed by atoms with Crippen LogP contribution in [0.4, 0.5) is 18.9 Å². The molecule has 0 saturated heterocycles. The number of rotatable bonds is 2. The number of carbonyl (C=O) groups excluding carboxylic acids is 1. The van der Waals surface area contributed by atoms with Gasteiger partial charge in [0.05, 0.1) is 15.2 Å².